The average Bonchev–Trinajstić information content (AvgIpc) is 3.42. The lowest BCUT2D eigenvalue weighted by Gasteiger charge is -2.30. The van der Waals surface area contributed by atoms with E-state index in [1.54, 1.807) is 31.2 Å². The van der Waals surface area contributed by atoms with Crippen LogP contribution in [0.15, 0.2) is 47.8 Å². The molecule has 0 atom stereocenters. The summed E-state index contributed by atoms with van der Waals surface area (Å²) in [6.07, 6.45) is 5.61. The topological polar surface area (TPSA) is 131 Å². The van der Waals surface area contributed by atoms with E-state index in [0.717, 1.165) is 5.56 Å². The van der Waals surface area contributed by atoms with Crippen LogP contribution in [0.2, 0.25) is 5.02 Å². The second-order valence-electron chi connectivity index (χ2n) is 8.36. The number of carbonyl (C=O) groups excluding carboxylic acids is 2. The normalized spacial score (nSPS) is 15.2. The van der Waals surface area contributed by atoms with Gasteiger partial charge in [0, 0.05) is 56.4 Å². The summed E-state index contributed by atoms with van der Waals surface area (Å²) >= 11 is 5.86. The Labute approximate surface area is 208 Å². The Hall–Kier alpha value is -3.22. The van der Waals surface area contributed by atoms with Crippen LogP contribution in [-0.2, 0) is 35.5 Å². The van der Waals surface area contributed by atoms with Gasteiger partial charge < -0.3 is 10.6 Å². The zero-order chi connectivity index (χ0) is 25.2. The van der Waals surface area contributed by atoms with E-state index in [1.165, 1.54) is 39.4 Å². The largest absolute Gasteiger partial charge is 0.346 e. The average molecular weight is 520 g/mol. The second-order valence-corrected chi connectivity index (χ2v) is 10.7. The number of nitrogens with one attached hydrogen (secondary N) is 2. The van der Waals surface area contributed by atoms with Crippen molar-refractivity contribution in [3.05, 3.63) is 59.1 Å². The van der Waals surface area contributed by atoms with Crippen LogP contribution in [0.5, 0.6) is 0 Å². The molecule has 3 heterocycles. The van der Waals surface area contributed by atoms with Gasteiger partial charge in [0.05, 0.1) is 23.0 Å². The first-order valence-electron chi connectivity index (χ1n) is 11.0. The molecule has 0 bridgehead atoms. The van der Waals surface area contributed by atoms with Gasteiger partial charge >= 0.3 is 0 Å². The highest BCUT2D eigenvalue weighted by Crippen LogP contribution is 2.26. The number of aryl methyl sites for hydroxylation is 2. The minimum atomic E-state index is -3.66. The standard InChI is InChI=1S/C22H26ClN7O4S/c1-28-14-15(12-25-28)11-24-22(32)20-19(13-26-29(20)2)27-21(31)16-7-9-30(10-8-16)35(33,34)18-5-3-17(23)4-6-18/h3-6,12-14,16H,7-11H2,1-2H3,(H,24,32)(H,27,31). The molecule has 2 aromatic heterocycles. The van der Waals surface area contributed by atoms with Gasteiger partial charge in [-0.1, -0.05) is 11.6 Å². The van der Waals surface area contributed by atoms with Gasteiger partial charge in [-0.25, -0.2) is 8.42 Å². The van der Waals surface area contributed by atoms with Crippen LogP contribution in [-0.4, -0.2) is 57.2 Å². The number of aromatic nitrogens is 4. The van der Waals surface area contributed by atoms with Crippen molar-refractivity contribution in [1.29, 1.82) is 0 Å². The number of anilines is 1. The van der Waals surface area contributed by atoms with Crippen molar-refractivity contribution in [3.63, 3.8) is 0 Å². The van der Waals surface area contributed by atoms with E-state index in [1.807, 2.05) is 0 Å². The van der Waals surface area contributed by atoms with Crippen LogP contribution < -0.4 is 10.6 Å². The lowest BCUT2D eigenvalue weighted by Crippen LogP contribution is -2.41. The molecular weight excluding hydrogens is 494 g/mol. The Balaban J connectivity index is 1.36. The zero-order valence-corrected chi connectivity index (χ0v) is 20.9. The summed E-state index contributed by atoms with van der Waals surface area (Å²) in [4.78, 5) is 25.9. The molecule has 1 aromatic carbocycles. The number of amides is 2. The summed E-state index contributed by atoms with van der Waals surface area (Å²) in [6.45, 7) is 0.717. The molecule has 1 aliphatic rings. The quantitative estimate of drug-likeness (QED) is 0.489. The number of sulfonamides is 1. The molecule has 35 heavy (non-hydrogen) atoms. The predicted molar refractivity (Wildman–Crippen MR) is 129 cm³/mol. The predicted octanol–water partition coefficient (Wildman–Crippen LogP) is 1.78. The molecule has 0 unspecified atom stereocenters. The van der Waals surface area contributed by atoms with Gasteiger partial charge in [0.25, 0.3) is 5.91 Å². The van der Waals surface area contributed by atoms with Crippen LogP contribution in [0.1, 0.15) is 28.9 Å². The lowest BCUT2D eigenvalue weighted by atomic mass is 9.97. The Morgan fingerprint density at radius 3 is 2.40 bits per heavy atom. The Bertz CT molecular complexity index is 1330. The zero-order valence-electron chi connectivity index (χ0n) is 19.3. The Morgan fingerprint density at radius 2 is 1.77 bits per heavy atom. The van der Waals surface area contributed by atoms with E-state index in [9.17, 15) is 18.0 Å². The first kappa shape index (κ1) is 24.9. The van der Waals surface area contributed by atoms with E-state index in [-0.39, 0.29) is 42.0 Å². The van der Waals surface area contributed by atoms with Crippen LogP contribution in [0.25, 0.3) is 0 Å². The molecule has 3 aromatic rings. The van der Waals surface area contributed by atoms with Crippen LogP contribution in [0, 0.1) is 5.92 Å². The number of rotatable bonds is 7. The number of benzene rings is 1. The molecule has 4 rings (SSSR count). The van der Waals surface area contributed by atoms with Crippen LogP contribution in [0.4, 0.5) is 5.69 Å². The molecule has 1 saturated heterocycles. The number of piperidine rings is 1. The van der Waals surface area contributed by atoms with Crippen molar-refractivity contribution in [3.8, 4) is 0 Å². The number of hydrogen-bond acceptors (Lipinski definition) is 6. The molecule has 1 aliphatic heterocycles. The second kappa shape index (κ2) is 10.2. The third-order valence-electron chi connectivity index (χ3n) is 5.90. The van der Waals surface area contributed by atoms with Crippen LogP contribution in [0.3, 0.4) is 0 Å². The van der Waals surface area contributed by atoms with Gasteiger partial charge in [-0.15, -0.1) is 0 Å². The summed E-state index contributed by atoms with van der Waals surface area (Å²) in [7, 11) is -0.249. The molecule has 0 aliphatic carbocycles. The summed E-state index contributed by atoms with van der Waals surface area (Å²) in [5.74, 6) is -1.05. The van der Waals surface area contributed by atoms with Gasteiger partial charge in [0.2, 0.25) is 15.9 Å². The van der Waals surface area contributed by atoms with Crippen molar-refractivity contribution in [2.45, 2.75) is 24.3 Å². The van der Waals surface area contributed by atoms with Crippen molar-refractivity contribution in [1.82, 2.24) is 29.2 Å². The highest BCUT2D eigenvalue weighted by molar-refractivity contribution is 7.89. The minimum Gasteiger partial charge on any atom is -0.346 e. The summed E-state index contributed by atoms with van der Waals surface area (Å²) in [5, 5.41) is 14.2. The Kier molecular flexibility index (Phi) is 7.24. The number of nitrogens with zero attached hydrogens (tertiary/aromatic N) is 5. The molecule has 2 amide bonds. The summed E-state index contributed by atoms with van der Waals surface area (Å²) in [6, 6.07) is 6.01. The van der Waals surface area contributed by atoms with Crippen molar-refractivity contribution >= 4 is 39.1 Å². The molecule has 0 spiro atoms. The van der Waals surface area contributed by atoms with Crippen LogP contribution >= 0.6 is 11.6 Å². The first-order chi connectivity index (χ1) is 16.6. The first-order valence-corrected chi connectivity index (χ1v) is 12.8. The smallest absolute Gasteiger partial charge is 0.271 e. The third kappa shape index (κ3) is 5.55. The van der Waals surface area contributed by atoms with Gasteiger partial charge in [-0.2, -0.15) is 14.5 Å². The number of hydrogen-bond donors (Lipinski definition) is 2. The fourth-order valence-electron chi connectivity index (χ4n) is 3.98. The molecular formula is C22H26ClN7O4S. The molecule has 0 radical (unpaired) electrons. The monoisotopic (exact) mass is 519 g/mol. The SMILES string of the molecule is Cn1cc(CNC(=O)c2c(NC(=O)C3CCN(S(=O)(=O)c4ccc(Cl)cc4)CC3)cnn2C)cn1. The molecule has 1 fully saturated rings. The van der Waals surface area contributed by atoms with E-state index in [2.05, 4.69) is 20.8 Å². The maximum atomic E-state index is 12.9. The molecule has 2 N–H and O–H groups in total. The molecule has 13 heteroatoms. The van der Waals surface area contributed by atoms with Crippen molar-refractivity contribution in [2.24, 2.45) is 20.0 Å². The lowest BCUT2D eigenvalue weighted by molar-refractivity contribution is -0.120. The van der Waals surface area contributed by atoms with Crippen molar-refractivity contribution < 1.29 is 18.0 Å². The fourth-order valence-corrected chi connectivity index (χ4v) is 5.57. The van der Waals surface area contributed by atoms with Gasteiger partial charge in [0.1, 0.15) is 5.69 Å². The number of halogens is 1. The van der Waals surface area contributed by atoms with Gasteiger partial charge in [0.15, 0.2) is 0 Å². The summed E-state index contributed by atoms with van der Waals surface area (Å²) in [5.41, 5.74) is 1.37. The Morgan fingerprint density at radius 1 is 1.09 bits per heavy atom. The minimum absolute atomic E-state index is 0.169. The van der Waals surface area contributed by atoms with Gasteiger partial charge in [-0.05, 0) is 37.1 Å². The fraction of sp³-hybridized carbons (Fsp3) is 0.364. The van der Waals surface area contributed by atoms with E-state index in [0.29, 0.717) is 23.6 Å². The highest BCUT2D eigenvalue weighted by atomic mass is 35.5. The van der Waals surface area contributed by atoms with E-state index < -0.39 is 15.9 Å². The maximum Gasteiger partial charge on any atom is 0.271 e. The summed E-state index contributed by atoms with van der Waals surface area (Å²) < 4.78 is 30.2. The molecule has 186 valence electrons. The highest BCUT2D eigenvalue weighted by Gasteiger charge is 2.32. The van der Waals surface area contributed by atoms with E-state index >= 15 is 0 Å². The number of carbonyl (C=O) groups is 2. The maximum absolute atomic E-state index is 12.9. The van der Waals surface area contributed by atoms with Gasteiger partial charge in [-0.3, -0.25) is 19.0 Å². The van der Waals surface area contributed by atoms with E-state index in [4.69, 9.17) is 11.6 Å². The van der Waals surface area contributed by atoms with Crippen molar-refractivity contribution in [2.75, 3.05) is 18.4 Å². The molecule has 11 nitrogen and oxygen atoms in total. The third-order valence-corrected chi connectivity index (χ3v) is 8.06. The molecule has 0 saturated carbocycles.